The highest BCUT2D eigenvalue weighted by molar-refractivity contribution is 5.97. The van der Waals surface area contributed by atoms with Gasteiger partial charge in [-0.2, -0.15) is 5.10 Å². The molecular weight excluding hydrogens is 168 g/mol. The first kappa shape index (κ1) is 7.97. The Hall–Kier alpha value is -1.65. The summed E-state index contributed by atoms with van der Waals surface area (Å²) in [5.74, 6) is 5.81. The Kier molecular flexibility index (Phi) is 1.84. The van der Waals surface area contributed by atoms with E-state index >= 15 is 0 Å². The highest BCUT2D eigenvalue weighted by Gasteiger charge is 2.16. The van der Waals surface area contributed by atoms with E-state index in [9.17, 15) is 4.79 Å². The molecule has 0 amide bonds. The summed E-state index contributed by atoms with van der Waals surface area (Å²) in [5, 5.41) is 3.62. The summed E-state index contributed by atoms with van der Waals surface area (Å²) in [4.78, 5) is 15.4. The normalized spacial score (nSPS) is 18.6. The zero-order chi connectivity index (χ0) is 9.26. The van der Waals surface area contributed by atoms with Gasteiger partial charge >= 0.3 is 0 Å². The smallest absolute Gasteiger partial charge is 0.253 e. The van der Waals surface area contributed by atoms with E-state index in [1.165, 1.54) is 12.3 Å². The minimum atomic E-state index is -0.0362. The van der Waals surface area contributed by atoms with Gasteiger partial charge in [0, 0.05) is 18.8 Å². The topological polar surface area (TPSA) is 73.3 Å². The fourth-order valence-corrected chi connectivity index (χ4v) is 1.52. The highest BCUT2D eigenvalue weighted by Crippen LogP contribution is 2.09. The lowest BCUT2D eigenvalue weighted by atomic mass is 10.1. The third-order valence-corrected chi connectivity index (χ3v) is 2.14. The third kappa shape index (κ3) is 1.22. The van der Waals surface area contributed by atoms with Crippen LogP contribution in [0.25, 0.3) is 0 Å². The molecule has 1 aromatic rings. The number of aromatic nitrogens is 2. The molecule has 0 radical (unpaired) electrons. The van der Waals surface area contributed by atoms with Crippen LogP contribution in [0.4, 0.5) is 0 Å². The maximum Gasteiger partial charge on any atom is 0.253 e. The molecule has 1 aromatic heterocycles. The largest absolute Gasteiger partial charge is 0.323 e. The zero-order valence-corrected chi connectivity index (χ0v) is 7.10. The Morgan fingerprint density at radius 1 is 1.62 bits per heavy atom. The molecule has 13 heavy (non-hydrogen) atoms. The Labute approximate surface area is 74.9 Å². The fourth-order valence-electron chi connectivity index (χ4n) is 1.52. The quantitative estimate of drug-likeness (QED) is 0.438. The molecule has 0 bridgehead atoms. The average Bonchev–Trinajstić information content (AvgIpc) is 2.18. The summed E-state index contributed by atoms with van der Waals surface area (Å²) in [6.07, 6.45) is 3.19. The van der Waals surface area contributed by atoms with Crippen molar-refractivity contribution >= 4 is 5.71 Å². The van der Waals surface area contributed by atoms with Crippen molar-refractivity contribution in [2.45, 2.75) is 19.4 Å². The first-order chi connectivity index (χ1) is 6.33. The second-order valence-electron chi connectivity index (χ2n) is 2.94. The van der Waals surface area contributed by atoms with Crippen molar-refractivity contribution in [3.8, 4) is 0 Å². The predicted octanol–water partition coefficient (Wildman–Crippen LogP) is -0.300. The Balaban J connectivity index is 2.65. The van der Waals surface area contributed by atoms with E-state index in [0.29, 0.717) is 18.1 Å². The molecule has 0 aromatic carbocycles. The summed E-state index contributed by atoms with van der Waals surface area (Å²) in [6.45, 7) is 0.709. The van der Waals surface area contributed by atoms with Crippen LogP contribution in [0, 0.1) is 0 Å². The number of nitrogens with zero attached hydrogens (tertiary/aromatic N) is 3. The van der Waals surface area contributed by atoms with Crippen LogP contribution in [-0.4, -0.2) is 15.3 Å². The molecule has 2 rings (SSSR count). The molecule has 0 fully saturated rings. The molecule has 0 aliphatic carbocycles. The number of rotatable bonds is 0. The van der Waals surface area contributed by atoms with Crippen molar-refractivity contribution in [3.63, 3.8) is 0 Å². The SMILES string of the molecule is NN=C1CCCn2c1nccc2=O. The van der Waals surface area contributed by atoms with E-state index < -0.39 is 0 Å². The van der Waals surface area contributed by atoms with Gasteiger partial charge in [0.1, 0.15) is 5.71 Å². The van der Waals surface area contributed by atoms with Crippen molar-refractivity contribution in [2.24, 2.45) is 10.9 Å². The summed E-state index contributed by atoms with van der Waals surface area (Å²) in [7, 11) is 0. The van der Waals surface area contributed by atoms with Gasteiger partial charge in [-0.15, -0.1) is 0 Å². The van der Waals surface area contributed by atoms with Gasteiger partial charge in [-0.1, -0.05) is 0 Å². The van der Waals surface area contributed by atoms with E-state index in [1.807, 2.05) is 0 Å². The number of hydrogen-bond donors (Lipinski definition) is 1. The lowest BCUT2D eigenvalue weighted by Crippen LogP contribution is -2.31. The first-order valence-electron chi connectivity index (χ1n) is 4.16. The molecule has 68 valence electrons. The second-order valence-corrected chi connectivity index (χ2v) is 2.94. The van der Waals surface area contributed by atoms with Crippen molar-refractivity contribution in [1.82, 2.24) is 9.55 Å². The van der Waals surface area contributed by atoms with Crippen LogP contribution in [0.1, 0.15) is 18.7 Å². The van der Waals surface area contributed by atoms with Crippen molar-refractivity contribution in [2.75, 3.05) is 0 Å². The lowest BCUT2D eigenvalue weighted by molar-refractivity contribution is 0.590. The maximum absolute atomic E-state index is 11.4. The van der Waals surface area contributed by atoms with Crippen LogP contribution in [0.5, 0.6) is 0 Å². The minimum Gasteiger partial charge on any atom is -0.323 e. The monoisotopic (exact) mass is 178 g/mol. The molecule has 5 nitrogen and oxygen atoms in total. The van der Waals surface area contributed by atoms with Crippen LogP contribution in [-0.2, 0) is 6.54 Å². The van der Waals surface area contributed by atoms with Crippen LogP contribution < -0.4 is 11.4 Å². The Morgan fingerprint density at radius 2 is 2.46 bits per heavy atom. The molecule has 2 N–H and O–H groups in total. The van der Waals surface area contributed by atoms with E-state index in [4.69, 9.17) is 5.84 Å². The van der Waals surface area contributed by atoms with Gasteiger partial charge in [-0.3, -0.25) is 9.36 Å². The van der Waals surface area contributed by atoms with Gasteiger partial charge in [0.05, 0.1) is 0 Å². The van der Waals surface area contributed by atoms with Gasteiger partial charge in [0.2, 0.25) is 0 Å². The van der Waals surface area contributed by atoms with Gasteiger partial charge in [0.15, 0.2) is 5.82 Å². The number of hydrazone groups is 1. The van der Waals surface area contributed by atoms with Crippen LogP contribution in [0.3, 0.4) is 0 Å². The molecule has 1 aliphatic rings. The molecular formula is C8H10N4O. The zero-order valence-electron chi connectivity index (χ0n) is 7.10. The molecule has 1 aliphatic heterocycles. The Bertz CT molecular complexity index is 407. The van der Waals surface area contributed by atoms with Gasteiger partial charge < -0.3 is 5.84 Å². The van der Waals surface area contributed by atoms with Crippen LogP contribution in [0.2, 0.25) is 0 Å². The van der Waals surface area contributed by atoms with E-state index in [2.05, 4.69) is 10.1 Å². The van der Waals surface area contributed by atoms with Crippen LogP contribution in [0.15, 0.2) is 22.2 Å². The summed E-state index contributed by atoms with van der Waals surface area (Å²) in [6, 6.07) is 1.45. The molecule has 0 atom stereocenters. The standard InChI is InChI=1S/C8H10N4O/c9-11-6-2-1-5-12-7(13)3-4-10-8(6)12/h3-4H,1-2,5,9H2. The minimum absolute atomic E-state index is 0.0362. The van der Waals surface area contributed by atoms with Crippen LogP contribution >= 0.6 is 0 Å². The molecule has 0 unspecified atom stereocenters. The summed E-state index contributed by atoms with van der Waals surface area (Å²) in [5.41, 5.74) is 0.676. The van der Waals surface area contributed by atoms with Gasteiger partial charge in [0.25, 0.3) is 5.56 Å². The van der Waals surface area contributed by atoms with E-state index in [-0.39, 0.29) is 5.56 Å². The van der Waals surface area contributed by atoms with Gasteiger partial charge in [-0.25, -0.2) is 4.98 Å². The second kappa shape index (κ2) is 3.01. The highest BCUT2D eigenvalue weighted by atomic mass is 16.1. The molecule has 0 spiro atoms. The first-order valence-corrected chi connectivity index (χ1v) is 4.16. The van der Waals surface area contributed by atoms with E-state index in [1.54, 1.807) is 4.57 Å². The fraction of sp³-hybridized carbons (Fsp3) is 0.375. The molecule has 0 saturated carbocycles. The molecule has 0 saturated heterocycles. The lowest BCUT2D eigenvalue weighted by Gasteiger charge is -2.17. The summed E-state index contributed by atoms with van der Waals surface area (Å²) < 4.78 is 1.61. The van der Waals surface area contributed by atoms with E-state index in [0.717, 1.165) is 12.8 Å². The third-order valence-electron chi connectivity index (χ3n) is 2.14. The number of nitrogens with two attached hydrogens (primary N) is 1. The predicted molar refractivity (Wildman–Crippen MR) is 48.5 cm³/mol. The van der Waals surface area contributed by atoms with Crippen molar-refractivity contribution < 1.29 is 0 Å². The molecule has 2 heterocycles. The summed E-state index contributed by atoms with van der Waals surface area (Å²) >= 11 is 0. The van der Waals surface area contributed by atoms with Gasteiger partial charge in [-0.05, 0) is 12.8 Å². The average molecular weight is 178 g/mol. The number of hydrogen-bond acceptors (Lipinski definition) is 4. The Morgan fingerprint density at radius 3 is 3.23 bits per heavy atom. The maximum atomic E-state index is 11.4. The molecule has 5 heteroatoms. The van der Waals surface area contributed by atoms with Crippen molar-refractivity contribution in [3.05, 3.63) is 28.4 Å². The van der Waals surface area contributed by atoms with Crippen molar-refractivity contribution in [1.29, 1.82) is 0 Å². The number of fused-ring (bicyclic) bond motifs is 1.